The Morgan fingerprint density at radius 3 is 2.56 bits per heavy atom. The molecule has 1 heterocycles. The molecular weight excluding hydrogens is 408 g/mol. The Labute approximate surface area is 190 Å². The van der Waals surface area contributed by atoms with Crippen molar-refractivity contribution in [2.45, 2.75) is 85.5 Å². The van der Waals surface area contributed by atoms with Crippen LogP contribution >= 0.6 is 0 Å². The summed E-state index contributed by atoms with van der Waals surface area (Å²) in [6.45, 7) is 12.2. The molecule has 1 aromatic carbocycles. The third-order valence-electron chi connectivity index (χ3n) is 9.10. The smallest absolute Gasteiger partial charge is 0.302 e. The van der Waals surface area contributed by atoms with Gasteiger partial charge in [-0.3, -0.25) is 9.59 Å². The number of esters is 1. The molecule has 2 N–H and O–H groups in total. The normalized spacial score (nSPS) is 37.3. The summed E-state index contributed by atoms with van der Waals surface area (Å²) < 4.78 is 12.7. The van der Waals surface area contributed by atoms with Crippen molar-refractivity contribution in [1.29, 1.82) is 0 Å². The van der Waals surface area contributed by atoms with Gasteiger partial charge in [-0.2, -0.15) is 0 Å². The summed E-state index contributed by atoms with van der Waals surface area (Å²) in [7, 11) is 0. The number of aldehydes is 1. The van der Waals surface area contributed by atoms with Crippen LogP contribution in [0.2, 0.25) is 0 Å². The first-order valence-corrected chi connectivity index (χ1v) is 11.7. The highest BCUT2D eigenvalue weighted by atomic mass is 16.5. The first-order valence-electron chi connectivity index (χ1n) is 11.7. The number of hydrogen-bond donors (Lipinski definition) is 2. The zero-order valence-corrected chi connectivity index (χ0v) is 20.0. The summed E-state index contributed by atoms with van der Waals surface area (Å²) in [6.07, 6.45) is 3.85. The molecule has 1 aliphatic heterocycles. The number of aliphatic hydroxyl groups excluding tert-OH is 1. The Morgan fingerprint density at radius 2 is 1.97 bits per heavy atom. The molecule has 6 heteroatoms. The molecule has 0 unspecified atom stereocenters. The number of rotatable bonds is 3. The fraction of sp³-hybridized carbons (Fsp3) is 0.692. The van der Waals surface area contributed by atoms with Gasteiger partial charge in [0, 0.05) is 29.7 Å². The van der Waals surface area contributed by atoms with Crippen LogP contribution in [0.1, 0.15) is 82.3 Å². The third kappa shape index (κ3) is 2.94. The highest BCUT2D eigenvalue weighted by Crippen LogP contribution is 2.68. The van der Waals surface area contributed by atoms with Crippen molar-refractivity contribution in [3.8, 4) is 11.5 Å². The average molecular weight is 445 g/mol. The molecule has 2 fully saturated rings. The van der Waals surface area contributed by atoms with Crippen LogP contribution in [0, 0.1) is 28.6 Å². The number of ether oxygens (including phenoxy) is 2. The number of carbonyl (C=O) groups excluding carboxylic acids is 2. The largest absolute Gasteiger partial charge is 0.508 e. The van der Waals surface area contributed by atoms with Gasteiger partial charge in [-0.25, -0.2) is 0 Å². The molecule has 0 aromatic heterocycles. The lowest BCUT2D eigenvalue weighted by atomic mass is 9.42. The Kier molecular flexibility index (Phi) is 5.39. The fourth-order valence-electron chi connectivity index (χ4n) is 7.86. The van der Waals surface area contributed by atoms with Crippen molar-refractivity contribution < 1.29 is 29.3 Å². The van der Waals surface area contributed by atoms with E-state index in [2.05, 4.69) is 34.6 Å². The fourth-order valence-corrected chi connectivity index (χ4v) is 7.86. The quantitative estimate of drug-likeness (QED) is 0.530. The van der Waals surface area contributed by atoms with Gasteiger partial charge in [-0.1, -0.05) is 34.6 Å². The highest BCUT2D eigenvalue weighted by molar-refractivity contribution is 5.84. The number of phenols is 1. The van der Waals surface area contributed by atoms with Gasteiger partial charge < -0.3 is 19.7 Å². The zero-order chi connectivity index (χ0) is 23.6. The van der Waals surface area contributed by atoms with Crippen LogP contribution in [0.15, 0.2) is 6.07 Å². The Bertz CT molecular complexity index is 952. The zero-order valence-electron chi connectivity index (χ0n) is 20.0. The molecule has 0 bridgehead atoms. The molecule has 1 spiro atoms. The van der Waals surface area contributed by atoms with Gasteiger partial charge in [0.05, 0.1) is 12.2 Å². The van der Waals surface area contributed by atoms with Gasteiger partial charge in [-0.15, -0.1) is 0 Å². The Balaban J connectivity index is 1.84. The third-order valence-corrected chi connectivity index (χ3v) is 9.10. The first kappa shape index (κ1) is 23.1. The van der Waals surface area contributed by atoms with Gasteiger partial charge >= 0.3 is 5.97 Å². The molecule has 32 heavy (non-hydrogen) atoms. The van der Waals surface area contributed by atoms with E-state index in [1.165, 1.54) is 13.0 Å². The Hall–Kier alpha value is -2.08. The van der Waals surface area contributed by atoms with Crippen LogP contribution in [-0.4, -0.2) is 34.2 Å². The summed E-state index contributed by atoms with van der Waals surface area (Å²) in [6, 6.07) is 1.49. The van der Waals surface area contributed by atoms with Gasteiger partial charge in [0.15, 0.2) is 6.29 Å². The molecule has 0 amide bonds. The van der Waals surface area contributed by atoms with Gasteiger partial charge in [0.25, 0.3) is 0 Å². The van der Waals surface area contributed by atoms with Crippen LogP contribution in [-0.2, 0) is 22.6 Å². The summed E-state index contributed by atoms with van der Waals surface area (Å²) in [4.78, 5) is 23.8. The number of carbonyl (C=O) groups is 2. The van der Waals surface area contributed by atoms with E-state index in [9.17, 15) is 19.8 Å². The van der Waals surface area contributed by atoms with Crippen molar-refractivity contribution in [2.75, 3.05) is 0 Å². The molecule has 4 rings (SSSR count). The number of hydrogen-bond acceptors (Lipinski definition) is 6. The molecule has 0 saturated heterocycles. The predicted molar refractivity (Wildman–Crippen MR) is 120 cm³/mol. The van der Waals surface area contributed by atoms with E-state index in [1.54, 1.807) is 0 Å². The van der Waals surface area contributed by atoms with E-state index in [1.807, 2.05) is 0 Å². The highest BCUT2D eigenvalue weighted by Gasteiger charge is 2.69. The van der Waals surface area contributed by atoms with Gasteiger partial charge in [0.1, 0.15) is 23.2 Å². The molecule has 176 valence electrons. The van der Waals surface area contributed by atoms with E-state index in [4.69, 9.17) is 9.47 Å². The second-order valence-electron chi connectivity index (χ2n) is 11.2. The van der Waals surface area contributed by atoms with E-state index in [0.717, 1.165) is 25.5 Å². The minimum Gasteiger partial charge on any atom is -0.508 e. The monoisotopic (exact) mass is 444 g/mol. The molecule has 2 saturated carbocycles. The van der Waals surface area contributed by atoms with Crippen molar-refractivity contribution in [2.24, 2.45) is 28.6 Å². The maximum Gasteiger partial charge on any atom is 0.302 e. The number of fused-ring (bicyclic) bond motifs is 3. The van der Waals surface area contributed by atoms with Crippen LogP contribution < -0.4 is 4.74 Å². The SMILES string of the molecule is CC(=O)O[C@@H]1[C@H](C)C[C@@]2(C)[C@@H](CC[C@@H](C)[C@]23Cc2c(O)cc(CO)c(C=O)c2O3)C1(C)C. The molecule has 0 radical (unpaired) electrons. The summed E-state index contributed by atoms with van der Waals surface area (Å²) in [5.74, 6) is 0.826. The predicted octanol–water partition coefficient (Wildman–Crippen LogP) is 4.42. The van der Waals surface area contributed by atoms with Crippen molar-refractivity contribution in [3.05, 3.63) is 22.8 Å². The molecule has 1 aromatic rings. The Morgan fingerprint density at radius 1 is 1.28 bits per heavy atom. The second kappa shape index (κ2) is 7.47. The number of benzene rings is 1. The minimum absolute atomic E-state index is 0.0744. The summed E-state index contributed by atoms with van der Waals surface area (Å²) in [5, 5.41) is 20.5. The van der Waals surface area contributed by atoms with E-state index in [-0.39, 0.29) is 53.0 Å². The van der Waals surface area contributed by atoms with Crippen LogP contribution in [0.3, 0.4) is 0 Å². The standard InChI is InChI=1S/C26H36O6/c1-14-10-25(6)21(24(4,5)23(14)31-16(3)29)8-7-15(2)26(25)11-18-20(30)9-17(12-27)19(13-28)22(18)32-26/h9,13-15,21,23,27,30H,7-8,10-12H2,1-6H3/t14-,15-,21+,23-,25+,26-/m1/s1. The molecular formula is C26H36O6. The first-order chi connectivity index (χ1) is 14.9. The average Bonchev–Trinajstić information content (AvgIpc) is 3.12. The van der Waals surface area contributed by atoms with Crippen LogP contribution in [0.4, 0.5) is 0 Å². The van der Waals surface area contributed by atoms with Gasteiger partial charge in [0.2, 0.25) is 0 Å². The van der Waals surface area contributed by atoms with Crippen LogP contribution in [0.5, 0.6) is 11.5 Å². The van der Waals surface area contributed by atoms with Crippen LogP contribution in [0.25, 0.3) is 0 Å². The molecule has 6 nitrogen and oxygen atoms in total. The maximum absolute atomic E-state index is 12.0. The van der Waals surface area contributed by atoms with Crippen molar-refractivity contribution in [1.82, 2.24) is 0 Å². The van der Waals surface area contributed by atoms with Crippen molar-refractivity contribution >= 4 is 12.3 Å². The second-order valence-corrected chi connectivity index (χ2v) is 11.2. The lowest BCUT2D eigenvalue weighted by Gasteiger charge is -2.65. The minimum atomic E-state index is -0.589. The maximum atomic E-state index is 12.0. The van der Waals surface area contributed by atoms with E-state index in [0.29, 0.717) is 28.9 Å². The van der Waals surface area contributed by atoms with E-state index < -0.39 is 5.60 Å². The van der Waals surface area contributed by atoms with E-state index >= 15 is 0 Å². The lowest BCUT2D eigenvalue weighted by molar-refractivity contribution is -0.232. The molecule has 6 atom stereocenters. The topological polar surface area (TPSA) is 93.1 Å². The summed E-state index contributed by atoms with van der Waals surface area (Å²) >= 11 is 0. The number of aromatic hydroxyl groups is 1. The molecule has 2 aliphatic carbocycles. The number of phenolic OH excluding ortho intramolecular Hbond substituents is 1. The number of aliphatic hydroxyl groups is 1. The lowest BCUT2D eigenvalue weighted by Crippen LogP contribution is -2.68. The molecule has 3 aliphatic rings. The van der Waals surface area contributed by atoms with Gasteiger partial charge in [-0.05, 0) is 48.6 Å². The summed E-state index contributed by atoms with van der Waals surface area (Å²) in [5.41, 5.74) is 0.269. The van der Waals surface area contributed by atoms with Crippen molar-refractivity contribution in [3.63, 3.8) is 0 Å².